The first-order chi connectivity index (χ1) is 9.19. The van der Waals surface area contributed by atoms with E-state index in [0.717, 1.165) is 25.2 Å². The highest BCUT2D eigenvalue weighted by molar-refractivity contribution is 5.86. The van der Waals surface area contributed by atoms with Crippen molar-refractivity contribution in [1.29, 1.82) is 0 Å². The molecule has 1 unspecified atom stereocenters. The molecule has 0 aliphatic carbocycles. The fourth-order valence-corrected chi connectivity index (χ4v) is 2.69. The number of hydrogen-bond donors (Lipinski definition) is 1. The minimum atomic E-state index is -0.239. The number of anilines is 1. The lowest BCUT2D eigenvalue weighted by Gasteiger charge is -2.41. The molecule has 1 atom stereocenters. The van der Waals surface area contributed by atoms with Crippen LogP contribution in [-0.2, 0) is 11.2 Å². The molecule has 2 rings (SSSR count). The van der Waals surface area contributed by atoms with Crippen LogP contribution in [0.4, 0.5) is 5.69 Å². The number of likely N-dealkylation sites (N-methyl/N-ethyl adjacent to an activating group) is 1. The predicted octanol–water partition coefficient (Wildman–Crippen LogP) is 1.28. The summed E-state index contributed by atoms with van der Waals surface area (Å²) in [5.41, 5.74) is 2.38. The molecular formula is C15H22N2O2. The summed E-state index contributed by atoms with van der Waals surface area (Å²) in [4.78, 5) is 16.2. The molecule has 1 fully saturated rings. The van der Waals surface area contributed by atoms with Crippen LogP contribution in [0.2, 0.25) is 0 Å². The monoisotopic (exact) mass is 262 g/mol. The molecule has 1 saturated heterocycles. The molecule has 104 valence electrons. The Balaban J connectivity index is 2.33. The van der Waals surface area contributed by atoms with Crippen molar-refractivity contribution in [3.05, 3.63) is 29.8 Å². The van der Waals surface area contributed by atoms with Crippen LogP contribution in [0.5, 0.6) is 0 Å². The second kappa shape index (κ2) is 6.06. The highest BCUT2D eigenvalue weighted by atomic mass is 16.3. The van der Waals surface area contributed by atoms with Crippen LogP contribution in [0, 0.1) is 0 Å². The summed E-state index contributed by atoms with van der Waals surface area (Å²) in [5.74, 6) is 0.103. The Bertz CT molecular complexity index is 448. The number of piperazine rings is 1. The lowest BCUT2D eigenvalue weighted by Crippen LogP contribution is -2.56. The number of nitrogens with zero attached hydrogens (tertiary/aromatic N) is 2. The Hall–Kier alpha value is -1.55. The van der Waals surface area contributed by atoms with Gasteiger partial charge in [-0.25, -0.2) is 0 Å². The van der Waals surface area contributed by atoms with Crippen molar-refractivity contribution in [3.63, 3.8) is 0 Å². The van der Waals surface area contributed by atoms with E-state index in [1.165, 1.54) is 5.56 Å². The zero-order valence-electron chi connectivity index (χ0n) is 11.7. The van der Waals surface area contributed by atoms with Gasteiger partial charge in [0.15, 0.2) is 0 Å². The van der Waals surface area contributed by atoms with E-state index < -0.39 is 0 Å². The van der Waals surface area contributed by atoms with Crippen LogP contribution in [-0.4, -0.2) is 48.7 Å². The molecule has 19 heavy (non-hydrogen) atoms. The van der Waals surface area contributed by atoms with E-state index in [1.807, 2.05) is 19.2 Å². The zero-order valence-corrected chi connectivity index (χ0v) is 11.7. The van der Waals surface area contributed by atoms with Gasteiger partial charge in [0, 0.05) is 32.4 Å². The molecule has 1 amide bonds. The number of aliphatic hydroxyl groups is 1. The highest BCUT2D eigenvalue weighted by Gasteiger charge is 2.33. The third-order valence-electron chi connectivity index (χ3n) is 3.80. The molecule has 1 N–H and O–H groups in total. The Labute approximate surface area is 114 Å². The van der Waals surface area contributed by atoms with Gasteiger partial charge in [0.25, 0.3) is 0 Å². The number of amides is 1. The average molecular weight is 262 g/mol. The Morgan fingerprint density at radius 2 is 2.05 bits per heavy atom. The molecule has 0 saturated carbocycles. The van der Waals surface area contributed by atoms with Gasteiger partial charge < -0.3 is 14.9 Å². The van der Waals surface area contributed by atoms with E-state index >= 15 is 0 Å². The fourth-order valence-electron chi connectivity index (χ4n) is 2.69. The zero-order chi connectivity index (χ0) is 13.8. The molecule has 1 aromatic rings. The van der Waals surface area contributed by atoms with Gasteiger partial charge in [-0.15, -0.1) is 0 Å². The second-order valence-corrected chi connectivity index (χ2v) is 4.96. The van der Waals surface area contributed by atoms with Gasteiger partial charge in [0.2, 0.25) is 5.91 Å². The van der Waals surface area contributed by atoms with Gasteiger partial charge in [0.1, 0.15) is 6.04 Å². The maximum Gasteiger partial charge on any atom is 0.245 e. The van der Waals surface area contributed by atoms with Crippen LogP contribution in [0.25, 0.3) is 0 Å². The van der Waals surface area contributed by atoms with E-state index in [4.69, 9.17) is 0 Å². The molecule has 0 bridgehead atoms. The fraction of sp³-hybridized carbons (Fsp3) is 0.533. The minimum absolute atomic E-state index is 0.0367. The van der Waals surface area contributed by atoms with Gasteiger partial charge in [-0.2, -0.15) is 0 Å². The Morgan fingerprint density at radius 1 is 1.32 bits per heavy atom. The number of aryl methyl sites for hydroxylation is 1. The van der Waals surface area contributed by atoms with Gasteiger partial charge in [-0.1, -0.05) is 25.1 Å². The Morgan fingerprint density at radius 3 is 2.74 bits per heavy atom. The predicted molar refractivity (Wildman–Crippen MR) is 76.3 cm³/mol. The quantitative estimate of drug-likeness (QED) is 0.889. The molecule has 1 aliphatic heterocycles. The Kier molecular flexibility index (Phi) is 4.43. The first-order valence-corrected chi connectivity index (χ1v) is 6.89. The van der Waals surface area contributed by atoms with Crippen molar-refractivity contribution in [2.45, 2.75) is 25.8 Å². The van der Waals surface area contributed by atoms with Crippen LogP contribution < -0.4 is 4.90 Å². The molecule has 4 nitrogen and oxygen atoms in total. The summed E-state index contributed by atoms with van der Waals surface area (Å²) < 4.78 is 0. The highest BCUT2D eigenvalue weighted by Crippen LogP contribution is 2.26. The van der Waals surface area contributed by atoms with Crippen LogP contribution in [0.3, 0.4) is 0 Å². The average Bonchev–Trinajstić information content (AvgIpc) is 2.44. The van der Waals surface area contributed by atoms with Crippen molar-refractivity contribution < 1.29 is 9.90 Å². The van der Waals surface area contributed by atoms with E-state index in [0.29, 0.717) is 6.42 Å². The SMILES string of the molecule is CCc1ccccc1N1CCN(C)C(=O)C1CCO. The first-order valence-electron chi connectivity index (χ1n) is 6.89. The summed E-state index contributed by atoms with van der Waals surface area (Å²) in [6.45, 7) is 3.72. The van der Waals surface area contributed by atoms with Crippen molar-refractivity contribution in [2.24, 2.45) is 0 Å². The molecule has 4 heteroatoms. The largest absolute Gasteiger partial charge is 0.396 e. The summed E-state index contributed by atoms with van der Waals surface area (Å²) in [7, 11) is 1.83. The van der Waals surface area contributed by atoms with Crippen molar-refractivity contribution in [3.8, 4) is 0 Å². The molecule has 0 spiro atoms. The summed E-state index contributed by atoms with van der Waals surface area (Å²) >= 11 is 0. The van der Waals surface area contributed by atoms with E-state index in [2.05, 4.69) is 24.0 Å². The number of benzene rings is 1. The van der Waals surface area contributed by atoms with Gasteiger partial charge >= 0.3 is 0 Å². The van der Waals surface area contributed by atoms with Gasteiger partial charge in [-0.3, -0.25) is 4.79 Å². The maximum atomic E-state index is 12.3. The number of para-hydroxylation sites is 1. The summed E-state index contributed by atoms with van der Waals surface area (Å²) in [6, 6.07) is 7.97. The molecule has 0 radical (unpaired) electrons. The van der Waals surface area contributed by atoms with Crippen molar-refractivity contribution in [2.75, 3.05) is 31.6 Å². The smallest absolute Gasteiger partial charge is 0.245 e. The maximum absolute atomic E-state index is 12.3. The summed E-state index contributed by atoms with van der Waals surface area (Å²) in [6.07, 6.45) is 1.43. The molecule has 1 aromatic carbocycles. The normalized spacial score (nSPS) is 19.9. The van der Waals surface area contributed by atoms with Gasteiger partial charge in [0.05, 0.1) is 0 Å². The molecular weight excluding hydrogens is 240 g/mol. The van der Waals surface area contributed by atoms with Crippen molar-refractivity contribution in [1.82, 2.24) is 4.90 Å². The number of hydrogen-bond acceptors (Lipinski definition) is 3. The molecule has 1 aliphatic rings. The lowest BCUT2D eigenvalue weighted by atomic mass is 10.0. The third-order valence-corrected chi connectivity index (χ3v) is 3.80. The number of aliphatic hydroxyl groups excluding tert-OH is 1. The number of rotatable bonds is 4. The third kappa shape index (κ3) is 2.73. The van der Waals surface area contributed by atoms with Gasteiger partial charge in [-0.05, 0) is 24.5 Å². The van der Waals surface area contributed by atoms with E-state index in [9.17, 15) is 9.90 Å². The van der Waals surface area contributed by atoms with E-state index in [1.54, 1.807) is 4.90 Å². The summed E-state index contributed by atoms with van der Waals surface area (Å²) in [5, 5.41) is 9.22. The lowest BCUT2D eigenvalue weighted by molar-refractivity contribution is -0.133. The van der Waals surface area contributed by atoms with E-state index in [-0.39, 0.29) is 18.6 Å². The minimum Gasteiger partial charge on any atom is -0.396 e. The number of carbonyl (C=O) groups excluding carboxylic acids is 1. The van der Waals surface area contributed by atoms with Crippen LogP contribution in [0.15, 0.2) is 24.3 Å². The standard InChI is InChI=1S/C15H22N2O2/c1-3-12-6-4-5-7-13(12)17-10-9-16(2)15(19)14(17)8-11-18/h4-7,14,18H,3,8-11H2,1-2H3. The second-order valence-electron chi connectivity index (χ2n) is 4.96. The first kappa shape index (κ1) is 13.9. The van der Waals surface area contributed by atoms with Crippen molar-refractivity contribution >= 4 is 11.6 Å². The van der Waals surface area contributed by atoms with Crippen LogP contribution >= 0.6 is 0 Å². The molecule has 1 heterocycles. The molecule has 0 aromatic heterocycles. The topological polar surface area (TPSA) is 43.8 Å². The van der Waals surface area contributed by atoms with Crippen LogP contribution in [0.1, 0.15) is 18.9 Å². The number of carbonyl (C=O) groups is 1.